The summed E-state index contributed by atoms with van der Waals surface area (Å²) in [5.41, 5.74) is 2.95. The number of nitrogens with one attached hydrogen (secondary N) is 1. The molecule has 2 fully saturated rings. The van der Waals surface area contributed by atoms with Crippen molar-refractivity contribution < 1.29 is 4.74 Å². The molecule has 0 spiro atoms. The van der Waals surface area contributed by atoms with Crippen molar-refractivity contribution in [2.45, 2.75) is 62.4 Å². The van der Waals surface area contributed by atoms with Crippen molar-refractivity contribution in [3.8, 4) is 17.3 Å². The van der Waals surface area contributed by atoms with Gasteiger partial charge in [0.05, 0.1) is 31.2 Å². The van der Waals surface area contributed by atoms with Gasteiger partial charge in [0, 0.05) is 22.5 Å². The highest BCUT2D eigenvalue weighted by atomic mass is 32.2. The van der Waals surface area contributed by atoms with E-state index >= 15 is 0 Å². The molecule has 0 aromatic carbocycles. The van der Waals surface area contributed by atoms with E-state index in [0.717, 1.165) is 47.7 Å². The molecule has 11 heteroatoms. The fourth-order valence-corrected chi connectivity index (χ4v) is 5.10. The fraction of sp³-hybridized carbons (Fsp3) is 0.423. The van der Waals surface area contributed by atoms with Gasteiger partial charge in [0.1, 0.15) is 17.4 Å². The van der Waals surface area contributed by atoms with Crippen LogP contribution < -0.4 is 15.6 Å². The third kappa shape index (κ3) is 4.52. The summed E-state index contributed by atoms with van der Waals surface area (Å²) in [4.78, 5) is 42.2. The molecule has 4 heterocycles. The third-order valence-corrected chi connectivity index (χ3v) is 7.75. The van der Waals surface area contributed by atoms with Crippen molar-refractivity contribution in [1.82, 2.24) is 34.5 Å². The zero-order chi connectivity index (χ0) is 25.6. The molecule has 0 bridgehead atoms. The van der Waals surface area contributed by atoms with Crippen LogP contribution in [0, 0.1) is 0 Å². The second kappa shape index (κ2) is 9.37. The predicted molar refractivity (Wildman–Crippen MR) is 142 cm³/mol. The van der Waals surface area contributed by atoms with Crippen LogP contribution in [0.4, 0.5) is 5.82 Å². The van der Waals surface area contributed by atoms with Gasteiger partial charge in [0.2, 0.25) is 5.88 Å². The lowest BCUT2D eigenvalue weighted by atomic mass is 10.1. The highest BCUT2D eigenvalue weighted by Crippen LogP contribution is 2.46. The monoisotopic (exact) mass is 516 g/mol. The number of thioether (sulfide) groups is 1. The molecule has 2 aliphatic carbocycles. The number of methoxy groups -OCH3 is 1. The Hall–Kier alpha value is -3.60. The molecule has 4 aromatic heterocycles. The molecule has 0 atom stereocenters. The summed E-state index contributed by atoms with van der Waals surface area (Å²) < 4.78 is 7.31. The summed E-state index contributed by atoms with van der Waals surface area (Å²) in [5.74, 6) is 2.49. The Kier molecular flexibility index (Phi) is 6.02. The van der Waals surface area contributed by atoms with Gasteiger partial charge in [-0.1, -0.05) is 6.92 Å². The Morgan fingerprint density at radius 1 is 1.14 bits per heavy atom. The molecule has 0 radical (unpaired) electrons. The summed E-state index contributed by atoms with van der Waals surface area (Å²) in [7, 11) is 1.58. The van der Waals surface area contributed by atoms with Crippen LogP contribution in [0.25, 0.3) is 22.6 Å². The highest BCUT2D eigenvalue weighted by molar-refractivity contribution is 7.99. The molecular weight excluding hydrogens is 488 g/mol. The van der Waals surface area contributed by atoms with Gasteiger partial charge < -0.3 is 10.1 Å². The molecule has 0 amide bonds. The van der Waals surface area contributed by atoms with Crippen molar-refractivity contribution in [3.63, 3.8) is 0 Å². The standard InChI is InChI=1S/C26H28N8O2S/c1-4-37-17-8-7-16(27-12-17)11-28-22-25(35)34(26(2)9-10-26)23-18(32-22)13-29-21(33-23)19-20(15-5-6-15)30-14-31-24(19)36-3/h7-8,12-15H,4-6,9-11H2,1-3H3,(H,28,32). The van der Waals surface area contributed by atoms with E-state index in [1.807, 2.05) is 18.3 Å². The van der Waals surface area contributed by atoms with Gasteiger partial charge in [-0.05, 0) is 50.5 Å². The lowest BCUT2D eigenvalue weighted by molar-refractivity contribution is 0.397. The van der Waals surface area contributed by atoms with E-state index in [0.29, 0.717) is 40.9 Å². The quantitative estimate of drug-likeness (QED) is 0.325. The predicted octanol–water partition coefficient (Wildman–Crippen LogP) is 4.16. The van der Waals surface area contributed by atoms with Crippen molar-refractivity contribution in [2.75, 3.05) is 18.2 Å². The smallest absolute Gasteiger partial charge is 0.295 e. The molecule has 4 aromatic rings. The van der Waals surface area contributed by atoms with E-state index < -0.39 is 0 Å². The molecule has 2 aliphatic rings. The summed E-state index contributed by atoms with van der Waals surface area (Å²) in [6.07, 6.45) is 8.97. The maximum Gasteiger partial charge on any atom is 0.295 e. The average Bonchev–Trinajstić information content (AvgIpc) is 3.85. The maximum atomic E-state index is 13.7. The minimum absolute atomic E-state index is 0.200. The van der Waals surface area contributed by atoms with Crippen LogP contribution in [-0.4, -0.2) is 47.3 Å². The average molecular weight is 517 g/mol. The van der Waals surface area contributed by atoms with Gasteiger partial charge in [-0.15, -0.1) is 11.8 Å². The first kappa shape index (κ1) is 23.8. The normalized spacial score (nSPS) is 16.1. The molecule has 190 valence electrons. The van der Waals surface area contributed by atoms with Gasteiger partial charge in [-0.3, -0.25) is 14.3 Å². The first-order chi connectivity index (χ1) is 18.0. The summed E-state index contributed by atoms with van der Waals surface area (Å²) >= 11 is 1.74. The number of anilines is 1. The number of fused-ring (bicyclic) bond motifs is 1. The number of rotatable bonds is 9. The van der Waals surface area contributed by atoms with Gasteiger partial charge in [0.25, 0.3) is 5.56 Å². The minimum Gasteiger partial charge on any atom is -0.480 e. The van der Waals surface area contributed by atoms with Crippen LogP contribution in [0.2, 0.25) is 0 Å². The Bertz CT molecular complexity index is 1530. The fourth-order valence-electron chi connectivity index (χ4n) is 4.48. The van der Waals surface area contributed by atoms with E-state index in [1.165, 1.54) is 6.33 Å². The number of ether oxygens (including phenoxy) is 1. The Morgan fingerprint density at radius 3 is 2.65 bits per heavy atom. The van der Waals surface area contributed by atoms with Gasteiger partial charge in [0.15, 0.2) is 17.3 Å². The molecule has 2 saturated carbocycles. The zero-order valence-corrected chi connectivity index (χ0v) is 21.9. The maximum absolute atomic E-state index is 13.7. The molecular formula is C26H28N8O2S. The molecule has 0 saturated heterocycles. The topological polar surface area (TPSA) is 121 Å². The largest absolute Gasteiger partial charge is 0.480 e. The molecule has 1 N–H and O–H groups in total. The van der Waals surface area contributed by atoms with Crippen molar-refractivity contribution in [2.24, 2.45) is 0 Å². The van der Waals surface area contributed by atoms with Crippen molar-refractivity contribution in [1.29, 1.82) is 0 Å². The highest BCUT2D eigenvalue weighted by Gasteiger charge is 2.42. The molecule has 10 nitrogen and oxygen atoms in total. The number of pyridine rings is 1. The van der Waals surface area contributed by atoms with E-state index in [1.54, 1.807) is 29.6 Å². The van der Waals surface area contributed by atoms with Crippen molar-refractivity contribution >= 4 is 28.7 Å². The zero-order valence-electron chi connectivity index (χ0n) is 21.1. The summed E-state index contributed by atoms with van der Waals surface area (Å²) in [5, 5.41) is 3.20. The van der Waals surface area contributed by atoms with E-state index in [-0.39, 0.29) is 16.9 Å². The Labute approximate surface area is 218 Å². The number of hydrogen-bond acceptors (Lipinski definition) is 10. The first-order valence-electron chi connectivity index (χ1n) is 12.5. The van der Waals surface area contributed by atoms with Gasteiger partial charge in [-0.2, -0.15) is 0 Å². The number of hydrogen-bond donors (Lipinski definition) is 1. The van der Waals surface area contributed by atoms with Crippen LogP contribution in [0.3, 0.4) is 0 Å². The molecule has 0 aliphatic heterocycles. The van der Waals surface area contributed by atoms with Gasteiger partial charge in [-0.25, -0.2) is 24.9 Å². The Balaban J connectivity index is 1.41. The van der Waals surface area contributed by atoms with Crippen LogP contribution in [0.15, 0.2) is 40.5 Å². The summed E-state index contributed by atoms with van der Waals surface area (Å²) in [6.45, 7) is 4.58. The van der Waals surface area contributed by atoms with E-state index in [4.69, 9.17) is 9.72 Å². The van der Waals surface area contributed by atoms with Crippen LogP contribution in [0.1, 0.15) is 56.8 Å². The van der Waals surface area contributed by atoms with Gasteiger partial charge >= 0.3 is 0 Å². The van der Waals surface area contributed by atoms with Crippen LogP contribution in [0.5, 0.6) is 5.88 Å². The van der Waals surface area contributed by atoms with Crippen LogP contribution in [-0.2, 0) is 12.1 Å². The number of aromatic nitrogens is 7. The second-order valence-corrected chi connectivity index (χ2v) is 11.0. The number of nitrogens with zero attached hydrogens (tertiary/aromatic N) is 7. The SMILES string of the molecule is CCSc1ccc(CNc2nc3cnc(-c4c(OC)ncnc4C4CC4)nc3n(C3(C)CC3)c2=O)nc1. The lowest BCUT2D eigenvalue weighted by Crippen LogP contribution is -2.32. The second-order valence-electron chi connectivity index (χ2n) is 9.69. The first-order valence-corrected chi connectivity index (χ1v) is 13.5. The lowest BCUT2D eigenvalue weighted by Gasteiger charge is -2.18. The van der Waals surface area contributed by atoms with E-state index in [9.17, 15) is 4.79 Å². The molecule has 6 rings (SSSR count). The third-order valence-electron chi connectivity index (χ3n) is 6.88. The molecule has 37 heavy (non-hydrogen) atoms. The van der Waals surface area contributed by atoms with E-state index in [2.05, 4.69) is 44.1 Å². The minimum atomic E-state index is -0.311. The Morgan fingerprint density at radius 2 is 1.97 bits per heavy atom. The van der Waals surface area contributed by atoms with Crippen LogP contribution >= 0.6 is 11.8 Å². The summed E-state index contributed by atoms with van der Waals surface area (Å²) in [6, 6.07) is 4.01. The van der Waals surface area contributed by atoms with Crippen molar-refractivity contribution in [3.05, 3.63) is 52.6 Å². The molecule has 0 unspecified atom stereocenters.